The number of rotatable bonds is 4. The number of nitrogens with one attached hydrogen (secondary N) is 2. The molecule has 0 fully saturated rings. The zero-order valence-electron chi connectivity index (χ0n) is 11.3. The average Bonchev–Trinajstić information content (AvgIpc) is 2.48. The molecule has 0 radical (unpaired) electrons. The summed E-state index contributed by atoms with van der Waals surface area (Å²) in [6, 6.07) is 11.4. The Kier molecular flexibility index (Phi) is 5.00. The Bertz CT molecular complexity index is 649. The Labute approximate surface area is 126 Å². The van der Waals surface area contributed by atoms with Gasteiger partial charge in [0.2, 0.25) is 0 Å². The Hall–Kier alpha value is -2.27. The van der Waals surface area contributed by atoms with E-state index in [9.17, 15) is 9.18 Å². The number of methoxy groups -OCH3 is 1. The van der Waals surface area contributed by atoms with Gasteiger partial charge in [-0.3, -0.25) is 5.32 Å². The minimum Gasteiger partial charge on any atom is -0.453 e. The van der Waals surface area contributed by atoms with Gasteiger partial charge in [0.05, 0.1) is 7.11 Å². The van der Waals surface area contributed by atoms with Crippen LogP contribution in [-0.2, 0) is 11.3 Å². The second kappa shape index (κ2) is 6.95. The minimum absolute atomic E-state index is 0.286. The van der Waals surface area contributed by atoms with Gasteiger partial charge < -0.3 is 10.1 Å². The average molecular weight is 309 g/mol. The number of halogens is 2. The number of hydrogen-bond donors (Lipinski definition) is 2. The first-order chi connectivity index (χ1) is 10.1. The third-order valence-corrected chi connectivity index (χ3v) is 3.02. The summed E-state index contributed by atoms with van der Waals surface area (Å²) in [6.07, 6.45) is -0.548. The molecule has 2 rings (SSSR count). The van der Waals surface area contributed by atoms with Gasteiger partial charge in [0.1, 0.15) is 5.82 Å². The van der Waals surface area contributed by atoms with Crippen molar-refractivity contribution in [3.8, 4) is 0 Å². The van der Waals surface area contributed by atoms with E-state index in [-0.39, 0.29) is 12.4 Å². The fourth-order valence-electron chi connectivity index (χ4n) is 1.75. The number of hydrogen-bond acceptors (Lipinski definition) is 3. The van der Waals surface area contributed by atoms with Crippen LogP contribution in [-0.4, -0.2) is 13.2 Å². The molecule has 0 bridgehead atoms. The van der Waals surface area contributed by atoms with E-state index < -0.39 is 6.09 Å². The molecular formula is C15H14ClFN2O2. The second-order valence-corrected chi connectivity index (χ2v) is 4.72. The predicted octanol–water partition coefficient (Wildman–Crippen LogP) is 4.27. The van der Waals surface area contributed by atoms with Crippen molar-refractivity contribution in [1.82, 2.24) is 0 Å². The van der Waals surface area contributed by atoms with Gasteiger partial charge in [-0.05, 0) is 36.4 Å². The topological polar surface area (TPSA) is 50.4 Å². The van der Waals surface area contributed by atoms with E-state index in [1.165, 1.54) is 19.2 Å². The molecule has 1 amide bonds. The zero-order valence-corrected chi connectivity index (χ0v) is 12.1. The summed E-state index contributed by atoms with van der Waals surface area (Å²) in [5.74, 6) is -0.323. The van der Waals surface area contributed by atoms with Crippen molar-refractivity contribution in [2.24, 2.45) is 0 Å². The number of amides is 1. The summed E-state index contributed by atoms with van der Waals surface area (Å²) in [6.45, 7) is 0.286. The van der Waals surface area contributed by atoms with Crippen LogP contribution in [0.5, 0.6) is 0 Å². The first kappa shape index (κ1) is 15.1. The van der Waals surface area contributed by atoms with Crippen molar-refractivity contribution >= 4 is 29.1 Å². The number of ether oxygens (including phenoxy) is 1. The van der Waals surface area contributed by atoms with Crippen LogP contribution in [0.3, 0.4) is 0 Å². The maximum atomic E-state index is 13.6. The van der Waals surface area contributed by atoms with Crippen molar-refractivity contribution in [3.05, 3.63) is 58.9 Å². The highest BCUT2D eigenvalue weighted by Gasteiger charge is 2.04. The molecule has 0 aliphatic heterocycles. The molecule has 2 N–H and O–H groups in total. The fraction of sp³-hybridized carbons (Fsp3) is 0.133. The lowest BCUT2D eigenvalue weighted by Crippen LogP contribution is -2.11. The summed E-state index contributed by atoms with van der Waals surface area (Å²) >= 11 is 5.84. The van der Waals surface area contributed by atoms with Crippen LogP contribution in [0.4, 0.5) is 20.6 Å². The summed E-state index contributed by atoms with van der Waals surface area (Å²) in [7, 11) is 1.29. The maximum absolute atomic E-state index is 13.6. The van der Waals surface area contributed by atoms with Gasteiger partial charge in [0, 0.05) is 28.5 Å². The smallest absolute Gasteiger partial charge is 0.411 e. The van der Waals surface area contributed by atoms with Gasteiger partial charge in [0.25, 0.3) is 0 Å². The summed E-state index contributed by atoms with van der Waals surface area (Å²) in [5, 5.41) is 6.11. The fourth-order valence-corrected chi connectivity index (χ4v) is 1.95. The van der Waals surface area contributed by atoms with Gasteiger partial charge in [-0.1, -0.05) is 17.7 Å². The number of carbonyl (C=O) groups excluding carboxylic acids is 1. The molecule has 110 valence electrons. The van der Waals surface area contributed by atoms with E-state index in [1.54, 1.807) is 24.3 Å². The van der Waals surface area contributed by atoms with Crippen LogP contribution in [0.1, 0.15) is 5.56 Å². The van der Waals surface area contributed by atoms with Crippen molar-refractivity contribution in [3.63, 3.8) is 0 Å². The lowest BCUT2D eigenvalue weighted by Gasteiger charge is -2.10. The maximum Gasteiger partial charge on any atom is 0.411 e. The SMILES string of the molecule is COC(=O)Nc1cccc(NCc2cc(Cl)ccc2F)c1. The molecule has 0 aliphatic rings. The normalized spacial score (nSPS) is 10.0. The van der Waals surface area contributed by atoms with Crippen molar-refractivity contribution in [2.75, 3.05) is 17.7 Å². The standard InChI is InChI=1S/C15H14ClFN2O2/c1-21-15(20)19-13-4-2-3-12(8-13)18-9-10-7-11(16)5-6-14(10)17/h2-8,18H,9H2,1H3,(H,19,20). The zero-order chi connectivity index (χ0) is 15.2. The van der Waals surface area contributed by atoms with E-state index in [0.717, 1.165) is 5.69 Å². The molecule has 0 saturated heterocycles. The molecule has 2 aromatic carbocycles. The molecule has 6 heteroatoms. The molecule has 4 nitrogen and oxygen atoms in total. The Morgan fingerprint density at radius 1 is 1.24 bits per heavy atom. The Morgan fingerprint density at radius 3 is 2.76 bits per heavy atom. The molecule has 0 aliphatic carbocycles. The van der Waals surface area contributed by atoms with Crippen molar-refractivity contribution in [2.45, 2.75) is 6.54 Å². The Balaban J connectivity index is 2.04. The quantitative estimate of drug-likeness (QED) is 0.887. The van der Waals surface area contributed by atoms with E-state index in [0.29, 0.717) is 16.3 Å². The molecule has 0 atom stereocenters. The lowest BCUT2D eigenvalue weighted by molar-refractivity contribution is 0.187. The highest BCUT2D eigenvalue weighted by atomic mass is 35.5. The number of benzene rings is 2. The molecule has 21 heavy (non-hydrogen) atoms. The number of anilines is 2. The molecule has 0 aromatic heterocycles. The van der Waals surface area contributed by atoms with Crippen LogP contribution in [0.2, 0.25) is 5.02 Å². The van der Waals surface area contributed by atoms with Crippen LogP contribution >= 0.6 is 11.6 Å². The van der Waals surface area contributed by atoms with Crippen LogP contribution in [0.25, 0.3) is 0 Å². The van der Waals surface area contributed by atoms with Crippen LogP contribution in [0.15, 0.2) is 42.5 Å². The largest absolute Gasteiger partial charge is 0.453 e. The van der Waals surface area contributed by atoms with Gasteiger partial charge in [-0.2, -0.15) is 0 Å². The highest BCUT2D eigenvalue weighted by Crippen LogP contribution is 2.19. The van der Waals surface area contributed by atoms with Gasteiger partial charge in [-0.15, -0.1) is 0 Å². The monoisotopic (exact) mass is 308 g/mol. The highest BCUT2D eigenvalue weighted by molar-refractivity contribution is 6.30. The molecular weight excluding hydrogens is 295 g/mol. The van der Waals surface area contributed by atoms with Gasteiger partial charge in [-0.25, -0.2) is 9.18 Å². The van der Waals surface area contributed by atoms with Crippen LogP contribution in [0, 0.1) is 5.82 Å². The first-order valence-corrected chi connectivity index (χ1v) is 6.59. The first-order valence-electron chi connectivity index (χ1n) is 6.21. The van der Waals surface area contributed by atoms with E-state index in [1.807, 2.05) is 6.07 Å². The van der Waals surface area contributed by atoms with Gasteiger partial charge >= 0.3 is 6.09 Å². The lowest BCUT2D eigenvalue weighted by atomic mass is 10.2. The summed E-state index contributed by atoms with van der Waals surface area (Å²) in [5.41, 5.74) is 1.79. The molecule has 0 heterocycles. The molecule has 2 aromatic rings. The van der Waals surface area contributed by atoms with E-state index in [4.69, 9.17) is 11.6 Å². The van der Waals surface area contributed by atoms with Crippen molar-refractivity contribution in [1.29, 1.82) is 0 Å². The summed E-state index contributed by atoms with van der Waals surface area (Å²) < 4.78 is 18.1. The molecule has 0 unspecified atom stereocenters. The minimum atomic E-state index is -0.548. The van der Waals surface area contributed by atoms with E-state index >= 15 is 0 Å². The number of carbonyl (C=O) groups is 1. The third-order valence-electron chi connectivity index (χ3n) is 2.79. The van der Waals surface area contributed by atoms with Crippen molar-refractivity contribution < 1.29 is 13.9 Å². The third kappa shape index (κ3) is 4.36. The van der Waals surface area contributed by atoms with E-state index in [2.05, 4.69) is 15.4 Å². The molecule has 0 spiro atoms. The second-order valence-electron chi connectivity index (χ2n) is 4.29. The van der Waals surface area contributed by atoms with Gasteiger partial charge in [0.15, 0.2) is 0 Å². The van der Waals surface area contributed by atoms with Crippen LogP contribution < -0.4 is 10.6 Å². The predicted molar refractivity (Wildman–Crippen MR) is 81.2 cm³/mol. The Morgan fingerprint density at radius 2 is 2.00 bits per heavy atom. The summed E-state index contributed by atoms with van der Waals surface area (Å²) in [4.78, 5) is 11.1. The molecule has 0 saturated carbocycles.